The van der Waals surface area contributed by atoms with E-state index >= 15 is 0 Å². The number of rotatable bonds is 8. The lowest BCUT2D eigenvalue weighted by Crippen LogP contribution is -2.10. The first kappa shape index (κ1) is 23.8. The standard InChI is InChI=1S/C24H28O7S/c1-5-29-9-10-30-23-16(2)12-21(13-17(23)3)31-20-6-7-22-19(15-20)14-18(24(25)28-4)8-11-32(22,26)27/h6-7,12-15H,5,8-11H2,1-4H3. The highest BCUT2D eigenvalue weighted by Gasteiger charge is 2.25. The third-order valence-electron chi connectivity index (χ3n) is 5.08. The summed E-state index contributed by atoms with van der Waals surface area (Å²) in [5.41, 5.74) is 2.56. The Morgan fingerprint density at radius 1 is 1.03 bits per heavy atom. The van der Waals surface area contributed by atoms with Gasteiger partial charge in [-0.05, 0) is 80.3 Å². The van der Waals surface area contributed by atoms with Gasteiger partial charge in [-0.1, -0.05) is 0 Å². The molecule has 0 aromatic heterocycles. The molecular weight excluding hydrogens is 432 g/mol. The summed E-state index contributed by atoms with van der Waals surface area (Å²) in [6.07, 6.45) is 1.66. The summed E-state index contributed by atoms with van der Waals surface area (Å²) in [5, 5.41) is 0. The number of carbonyl (C=O) groups is 1. The number of aryl methyl sites for hydroxylation is 2. The van der Waals surface area contributed by atoms with Gasteiger partial charge in [0.2, 0.25) is 0 Å². The zero-order valence-electron chi connectivity index (χ0n) is 18.8. The van der Waals surface area contributed by atoms with Crippen LogP contribution >= 0.6 is 0 Å². The summed E-state index contributed by atoms with van der Waals surface area (Å²) < 4.78 is 47.2. The van der Waals surface area contributed by atoms with Gasteiger partial charge in [0.05, 0.1) is 24.4 Å². The zero-order valence-corrected chi connectivity index (χ0v) is 19.6. The molecule has 0 amide bonds. The quantitative estimate of drug-likeness (QED) is 0.430. The van der Waals surface area contributed by atoms with Crippen molar-refractivity contribution in [2.24, 2.45) is 0 Å². The second-order valence-corrected chi connectivity index (χ2v) is 9.54. The molecule has 32 heavy (non-hydrogen) atoms. The first-order valence-corrected chi connectivity index (χ1v) is 12.1. The number of hydrogen-bond acceptors (Lipinski definition) is 7. The predicted molar refractivity (Wildman–Crippen MR) is 121 cm³/mol. The van der Waals surface area contributed by atoms with Gasteiger partial charge >= 0.3 is 5.97 Å². The maximum atomic E-state index is 12.6. The van der Waals surface area contributed by atoms with Gasteiger partial charge in [-0.3, -0.25) is 0 Å². The van der Waals surface area contributed by atoms with Crippen LogP contribution in [0, 0.1) is 13.8 Å². The lowest BCUT2D eigenvalue weighted by molar-refractivity contribution is -0.136. The van der Waals surface area contributed by atoms with Gasteiger partial charge < -0.3 is 18.9 Å². The second-order valence-electron chi connectivity index (χ2n) is 7.46. The van der Waals surface area contributed by atoms with E-state index in [0.717, 1.165) is 16.9 Å². The summed E-state index contributed by atoms with van der Waals surface area (Å²) >= 11 is 0. The van der Waals surface area contributed by atoms with Crippen molar-refractivity contribution in [3.05, 3.63) is 52.6 Å². The van der Waals surface area contributed by atoms with Crippen LogP contribution in [-0.2, 0) is 24.1 Å². The third-order valence-corrected chi connectivity index (χ3v) is 6.86. The molecule has 8 heteroatoms. The Morgan fingerprint density at radius 2 is 1.75 bits per heavy atom. The lowest BCUT2D eigenvalue weighted by atomic mass is 10.1. The van der Waals surface area contributed by atoms with E-state index in [-0.39, 0.29) is 17.1 Å². The normalized spacial score (nSPS) is 14.7. The molecule has 2 aromatic carbocycles. The van der Waals surface area contributed by atoms with Crippen LogP contribution in [0.5, 0.6) is 17.2 Å². The molecule has 0 saturated carbocycles. The minimum absolute atomic E-state index is 0.100. The summed E-state index contributed by atoms with van der Waals surface area (Å²) in [5.74, 6) is 1.17. The Bertz CT molecular complexity index is 1110. The topological polar surface area (TPSA) is 88.1 Å². The first-order valence-electron chi connectivity index (χ1n) is 10.4. The number of fused-ring (bicyclic) bond motifs is 1. The van der Waals surface area contributed by atoms with Crippen molar-refractivity contribution in [1.82, 2.24) is 0 Å². The third kappa shape index (κ3) is 5.49. The van der Waals surface area contributed by atoms with E-state index in [9.17, 15) is 13.2 Å². The van der Waals surface area contributed by atoms with Crippen molar-refractivity contribution in [1.29, 1.82) is 0 Å². The van der Waals surface area contributed by atoms with Crippen molar-refractivity contribution in [2.45, 2.75) is 32.1 Å². The summed E-state index contributed by atoms with van der Waals surface area (Å²) in [6.45, 7) is 7.44. The molecule has 0 fully saturated rings. The SMILES string of the molecule is CCOCCOc1c(C)cc(Oc2ccc3c(c2)C=C(C(=O)OC)CCS3(=O)=O)cc1C. The fraction of sp³-hybridized carbons (Fsp3) is 0.375. The highest BCUT2D eigenvalue weighted by molar-refractivity contribution is 7.91. The smallest absolute Gasteiger partial charge is 0.333 e. The lowest BCUT2D eigenvalue weighted by Gasteiger charge is -2.15. The van der Waals surface area contributed by atoms with Crippen molar-refractivity contribution in [2.75, 3.05) is 32.7 Å². The van der Waals surface area contributed by atoms with E-state index in [4.69, 9.17) is 18.9 Å². The molecule has 0 saturated heterocycles. The summed E-state index contributed by atoms with van der Waals surface area (Å²) in [7, 11) is -2.24. The van der Waals surface area contributed by atoms with E-state index in [1.54, 1.807) is 18.2 Å². The molecule has 0 spiro atoms. The van der Waals surface area contributed by atoms with Crippen LogP contribution in [-0.4, -0.2) is 47.1 Å². The Kier molecular flexibility index (Phi) is 7.58. The minimum atomic E-state index is -3.52. The maximum absolute atomic E-state index is 12.6. The predicted octanol–water partition coefficient (Wildman–Crippen LogP) is 4.24. The van der Waals surface area contributed by atoms with Gasteiger partial charge in [-0.2, -0.15) is 0 Å². The fourth-order valence-corrected chi connectivity index (χ4v) is 5.03. The van der Waals surface area contributed by atoms with Crippen LogP contribution in [0.4, 0.5) is 0 Å². The van der Waals surface area contributed by atoms with E-state index in [0.29, 0.717) is 42.5 Å². The maximum Gasteiger partial charge on any atom is 0.333 e. The molecule has 7 nitrogen and oxygen atoms in total. The van der Waals surface area contributed by atoms with Crippen LogP contribution in [0.1, 0.15) is 30.0 Å². The molecule has 172 valence electrons. The monoisotopic (exact) mass is 460 g/mol. The summed E-state index contributed by atoms with van der Waals surface area (Å²) in [6, 6.07) is 8.48. The number of hydrogen-bond donors (Lipinski definition) is 0. The van der Waals surface area contributed by atoms with Gasteiger partial charge in [-0.25, -0.2) is 13.2 Å². The molecule has 0 unspecified atom stereocenters. The van der Waals surface area contributed by atoms with Gasteiger partial charge in [-0.15, -0.1) is 0 Å². The highest BCUT2D eigenvalue weighted by atomic mass is 32.2. The van der Waals surface area contributed by atoms with Crippen LogP contribution in [0.15, 0.2) is 40.8 Å². The molecule has 0 bridgehead atoms. The highest BCUT2D eigenvalue weighted by Crippen LogP contribution is 2.34. The molecular formula is C24H28O7S. The molecule has 0 atom stereocenters. The van der Waals surface area contributed by atoms with Crippen LogP contribution in [0.3, 0.4) is 0 Å². The Labute approximate surface area is 188 Å². The van der Waals surface area contributed by atoms with Crippen molar-refractivity contribution in [3.63, 3.8) is 0 Å². The van der Waals surface area contributed by atoms with Gasteiger partial charge in [0.25, 0.3) is 0 Å². The van der Waals surface area contributed by atoms with E-state index in [2.05, 4.69) is 0 Å². The van der Waals surface area contributed by atoms with Crippen molar-refractivity contribution < 1.29 is 32.2 Å². The van der Waals surface area contributed by atoms with E-state index in [1.807, 2.05) is 32.9 Å². The molecule has 1 heterocycles. The first-order chi connectivity index (χ1) is 15.2. The molecule has 2 aromatic rings. The number of methoxy groups -OCH3 is 1. The number of esters is 1. The number of ether oxygens (including phenoxy) is 4. The zero-order chi connectivity index (χ0) is 23.3. The van der Waals surface area contributed by atoms with Gasteiger partial charge in [0.15, 0.2) is 9.84 Å². The average molecular weight is 461 g/mol. The molecule has 0 radical (unpaired) electrons. The van der Waals surface area contributed by atoms with E-state index < -0.39 is 15.8 Å². The van der Waals surface area contributed by atoms with Gasteiger partial charge in [0.1, 0.15) is 23.9 Å². The van der Waals surface area contributed by atoms with E-state index in [1.165, 1.54) is 13.2 Å². The summed E-state index contributed by atoms with van der Waals surface area (Å²) in [4.78, 5) is 12.2. The molecule has 1 aliphatic rings. The van der Waals surface area contributed by atoms with Crippen molar-refractivity contribution in [3.8, 4) is 17.2 Å². The van der Waals surface area contributed by atoms with Crippen LogP contribution in [0.2, 0.25) is 0 Å². The molecule has 3 rings (SSSR count). The largest absolute Gasteiger partial charge is 0.491 e. The van der Waals surface area contributed by atoms with Crippen LogP contribution < -0.4 is 9.47 Å². The number of benzene rings is 2. The Balaban J connectivity index is 1.87. The van der Waals surface area contributed by atoms with Crippen LogP contribution in [0.25, 0.3) is 6.08 Å². The number of carbonyl (C=O) groups excluding carboxylic acids is 1. The molecule has 0 N–H and O–H groups in total. The Hall–Kier alpha value is -2.84. The second kappa shape index (κ2) is 10.2. The minimum Gasteiger partial charge on any atom is -0.491 e. The number of sulfone groups is 1. The van der Waals surface area contributed by atoms with Gasteiger partial charge in [0, 0.05) is 12.2 Å². The molecule has 0 aliphatic carbocycles. The Morgan fingerprint density at radius 3 is 2.41 bits per heavy atom. The average Bonchev–Trinajstić information content (AvgIpc) is 2.87. The van der Waals surface area contributed by atoms with Crippen molar-refractivity contribution >= 4 is 21.9 Å². The fourth-order valence-electron chi connectivity index (χ4n) is 3.57. The molecule has 1 aliphatic heterocycles.